The van der Waals surface area contributed by atoms with Crippen LogP contribution in [0.3, 0.4) is 0 Å². The van der Waals surface area contributed by atoms with Crippen molar-refractivity contribution in [2.24, 2.45) is 16.2 Å². The summed E-state index contributed by atoms with van der Waals surface area (Å²) in [5.41, 5.74) is -2.23. The van der Waals surface area contributed by atoms with E-state index in [-0.39, 0.29) is 35.6 Å². The molecule has 3 atom stereocenters. The number of rotatable bonds is 16. The lowest BCUT2D eigenvalue weighted by atomic mass is 9.93. The van der Waals surface area contributed by atoms with Gasteiger partial charge in [-0.25, -0.2) is 0 Å². The van der Waals surface area contributed by atoms with Crippen LogP contribution < -0.4 is 14.7 Å². The Morgan fingerprint density at radius 3 is 0.897 bits per heavy atom. The lowest BCUT2D eigenvalue weighted by molar-refractivity contribution is -0.692. The average Bonchev–Trinajstić information content (AvgIpc) is 2.94. The van der Waals surface area contributed by atoms with Crippen molar-refractivity contribution >= 4 is 23.2 Å². The molecule has 352 valence electrons. The monoisotopic (exact) mass is 899 g/mol. The zero-order valence-electron chi connectivity index (χ0n) is 39.2. The van der Waals surface area contributed by atoms with Crippen LogP contribution in [0.5, 0.6) is 0 Å². The Morgan fingerprint density at radius 2 is 0.707 bits per heavy atom. The van der Waals surface area contributed by atoms with E-state index in [1.54, 1.807) is 62.3 Å². The molecule has 0 aromatic carbocycles. The van der Waals surface area contributed by atoms with Gasteiger partial charge in [-0.3, -0.25) is 9.13 Å². The highest BCUT2D eigenvalue weighted by molar-refractivity contribution is 7.51. The van der Waals surface area contributed by atoms with E-state index in [4.69, 9.17) is 22.6 Å². The van der Waals surface area contributed by atoms with Crippen LogP contribution in [0.15, 0.2) is 65.2 Å². The van der Waals surface area contributed by atoms with Crippen LogP contribution in [0.25, 0.3) is 0 Å². The van der Waals surface area contributed by atoms with Crippen molar-refractivity contribution in [1.82, 2.24) is 0 Å². The molecule has 0 spiro atoms. The van der Waals surface area contributed by atoms with Gasteiger partial charge in [0, 0.05) is 21.3 Å². The molecular formula is C39H82O16P3-3. The van der Waals surface area contributed by atoms with Crippen LogP contribution in [-0.4, -0.2) is 36.2 Å². The predicted octanol–water partition coefficient (Wildman–Crippen LogP) is 11.3. The first-order chi connectivity index (χ1) is 25.7. The molecule has 16 nitrogen and oxygen atoms in total. The molecule has 0 bridgehead atoms. The lowest BCUT2D eigenvalue weighted by Gasteiger charge is -2.35. The molecule has 0 saturated heterocycles. The molecule has 0 fully saturated rings. The van der Waals surface area contributed by atoms with Crippen molar-refractivity contribution in [1.29, 1.82) is 0 Å². The van der Waals surface area contributed by atoms with Crippen molar-refractivity contribution in [3.8, 4) is 0 Å². The highest BCUT2D eigenvalue weighted by atomic mass is 31.2. The van der Waals surface area contributed by atoms with E-state index in [0.717, 1.165) is 12.5 Å². The Morgan fingerprint density at radius 1 is 0.448 bits per heavy atom. The molecule has 0 aliphatic rings. The minimum atomic E-state index is -4.15. The van der Waals surface area contributed by atoms with Crippen molar-refractivity contribution < 1.29 is 75.9 Å². The fourth-order valence-electron chi connectivity index (χ4n) is 2.78. The van der Waals surface area contributed by atoms with Gasteiger partial charge in [0.15, 0.2) is 0 Å². The van der Waals surface area contributed by atoms with Crippen LogP contribution in [-0.2, 0) is 61.2 Å². The molecule has 0 aromatic heterocycles. The first-order valence-electron chi connectivity index (χ1n) is 18.0. The normalized spacial score (nSPS) is 14.6. The summed E-state index contributed by atoms with van der Waals surface area (Å²) < 4.78 is 58.3. The minimum Gasteiger partial charge on any atom is -0.778 e. The second-order valence-corrected chi connectivity index (χ2v) is 22.2. The second kappa shape index (κ2) is 34.2. The molecule has 0 heterocycles. The smallest absolute Gasteiger partial charge is 0.268 e. The second-order valence-electron chi connectivity index (χ2n) is 17.9. The summed E-state index contributed by atoms with van der Waals surface area (Å²) in [5.74, 6) is 0. The summed E-state index contributed by atoms with van der Waals surface area (Å²) in [6.07, 6.45) is 3.42. The summed E-state index contributed by atoms with van der Waals surface area (Å²) in [4.78, 5) is 42.1. The van der Waals surface area contributed by atoms with Gasteiger partial charge in [-0.15, -0.1) is 39.5 Å². The molecule has 0 aliphatic heterocycles. The molecule has 19 heteroatoms. The molecule has 3 unspecified atom stereocenters. The van der Waals surface area contributed by atoms with E-state index in [2.05, 4.69) is 77.5 Å². The number of hydrogen-bond acceptors (Lipinski definition) is 16. The highest BCUT2D eigenvalue weighted by Crippen LogP contribution is 2.46. The van der Waals surface area contributed by atoms with Gasteiger partial charge in [0.1, 0.15) is 20.1 Å². The molecule has 0 aliphatic carbocycles. The third-order valence-electron chi connectivity index (χ3n) is 4.33. The minimum absolute atomic E-state index is 0.0573. The number of phosphoric ester groups is 2. The van der Waals surface area contributed by atoms with Crippen LogP contribution in [0.4, 0.5) is 0 Å². The Bertz CT molecular complexity index is 1070. The summed E-state index contributed by atoms with van der Waals surface area (Å²) in [6.45, 7) is 57.6. The topological polar surface area (TPSA) is 213 Å². The largest absolute Gasteiger partial charge is 0.778 e. The molecule has 58 heavy (non-hydrogen) atoms. The molecule has 0 aromatic rings. The highest BCUT2D eigenvalue weighted by Gasteiger charge is 2.25. The van der Waals surface area contributed by atoms with E-state index in [1.807, 2.05) is 62.3 Å². The van der Waals surface area contributed by atoms with Gasteiger partial charge in [0.05, 0.1) is 30.0 Å². The van der Waals surface area contributed by atoms with Gasteiger partial charge in [-0.2, -0.15) is 0 Å². The number of phosphoric acid groups is 2. The fourth-order valence-corrected chi connectivity index (χ4v) is 6.92. The summed E-state index contributed by atoms with van der Waals surface area (Å²) in [5, 5.41) is 11.3. The molecule has 0 saturated carbocycles. The Kier molecular flexibility index (Phi) is 41.9. The van der Waals surface area contributed by atoms with Gasteiger partial charge in [-0.05, 0) is 91.4 Å². The van der Waals surface area contributed by atoms with Gasteiger partial charge >= 0.3 is 0 Å². The van der Waals surface area contributed by atoms with Gasteiger partial charge in [0.2, 0.25) is 0 Å². The Balaban J connectivity index is -0.000000116. The maximum absolute atomic E-state index is 11.5. The molecular weight excluding hydrogens is 817 g/mol. The quantitative estimate of drug-likeness (QED) is 0.0352. The summed E-state index contributed by atoms with van der Waals surface area (Å²) in [6, 6.07) is 0. The lowest BCUT2D eigenvalue weighted by Crippen LogP contribution is -2.26. The van der Waals surface area contributed by atoms with Crippen LogP contribution in [0.2, 0.25) is 0 Å². The van der Waals surface area contributed by atoms with Crippen LogP contribution in [0.1, 0.15) is 137 Å². The number of hydrogen-bond donors (Lipinski definition) is 0. The predicted molar refractivity (Wildman–Crippen MR) is 229 cm³/mol. The van der Waals surface area contributed by atoms with Gasteiger partial charge in [0.25, 0.3) is 15.6 Å². The summed E-state index contributed by atoms with van der Waals surface area (Å²) >= 11 is 0. The van der Waals surface area contributed by atoms with Crippen molar-refractivity contribution in [3.05, 3.63) is 65.2 Å². The van der Waals surface area contributed by atoms with E-state index < -0.39 is 40.0 Å². The SMILES string of the molecule is C=C.C=C.C=C.C=COOOOOC=C.CC(C)(C)CCOP(=O)([O-])OC(C)(C)C.CC(C)(C)CCOP(=O)([O-])OC(C)(C)C.CC(C)(C)CP(=O)([O-])OC(C)(C)C. The molecule has 0 rings (SSSR count). The van der Waals surface area contributed by atoms with Crippen molar-refractivity contribution in [2.45, 2.75) is 154 Å². The first-order valence-corrected chi connectivity index (χ1v) is 22.7. The molecule has 0 amide bonds. The van der Waals surface area contributed by atoms with Crippen molar-refractivity contribution in [3.63, 3.8) is 0 Å². The van der Waals surface area contributed by atoms with Crippen LogP contribution in [0, 0.1) is 16.2 Å². The third kappa shape index (κ3) is 78.8. The first kappa shape index (κ1) is 71.1. The maximum Gasteiger partial charge on any atom is 0.268 e. The van der Waals surface area contributed by atoms with E-state index in [1.165, 1.54) is 0 Å². The van der Waals surface area contributed by atoms with Gasteiger partial charge < -0.3 is 51.6 Å². The van der Waals surface area contributed by atoms with Gasteiger partial charge in [-0.1, -0.05) is 75.5 Å². The molecule has 0 N–H and O–H groups in total. The van der Waals surface area contributed by atoms with E-state index in [0.29, 0.717) is 12.8 Å². The molecule has 0 radical (unpaired) electrons. The zero-order valence-corrected chi connectivity index (χ0v) is 41.9. The van der Waals surface area contributed by atoms with Crippen LogP contribution >= 0.6 is 23.2 Å². The Labute approximate surface area is 353 Å². The summed E-state index contributed by atoms with van der Waals surface area (Å²) in [7, 11) is -12.0. The third-order valence-corrected chi connectivity index (χ3v) is 9.03. The zero-order chi connectivity index (χ0) is 48.5. The maximum atomic E-state index is 11.5. The van der Waals surface area contributed by atoms with Crippen molar-refractivity contribution in [2.75, 3.05) is 19.4 Å². The Hall–Kier alpha value is -1.45. The standard InChI is InChI=1S/2C10H23O4P.C9H21O3P.C4H6O5.3C2H4/c2*1-9(2,3)7-8-13-15(11,12)14-10(4,5)6;1-8(2,3)7-13(10,11)12-9(4,5)6;1-3-5-7-9-8-6-4-2;3*1-2/h2*7-8H2,1-6H3,(H,11,12);7H2,1-6H3,(H,10,11);3-4H,1-2H2;3*1-2H2/p-3. The van der Waals surface area contributed by atoms with E-state index >= 15 is 0 Å². The fraction of sp³-hybridized carbons (Fsp3) is 0.744. The van der Waals surface area contributed by atoms with E-state index in [9.17, 15) is 28.4 Å². The average molecular weight is 900 g/mol.